The Morgan fingerprint density at radius 2 is 1.67 bits per heavy atom. The first-order chi connectivity index (χ1) is 8.32. The minimum Gasteiger partial charge on any atom is -0.385 e. The average molecular weight is 268 g/mol. The molecule has 1 N–H and O–H groups in total. The number of rotatable bonds is 2. The molecule has 1 aromatic rings. The summed E-state index contributed by atoms with van der Waals surface area (Å²) in [5.74, 6) is -0.00427. The molecular formula is C13H16O4S. The third-order valence-corrected chi connectivity index (χ3v) is 5.13. The fourth-order valence-electron chi connectivity index (χ4n) is 2.18. The van der Waals surface area contributed by atoms with Crippen molar-refractivity contribution in [2.75, 3.05) is 11.5 Å². The second kappa shape index (κ2) is 4.48. The number of carbonyl (C=O) groups is 1. The van der Waals surface area contributed by atoms with Crippen LogP contribution >= 0.6 is 0 Å². The maximum Gasteiger partial charge on any atom is 0.159 e. The molecule has 1 heterocycles. The van der Waals surface area contributed by atoms with Gasteiger partial charge in [-0.2, -0.15) is 0 Å². The highest BCUT2D eigenvalue weighted by atomic mass is 32.2. The summed E-state index contributed by atoms with van der Waals surface area (Å²) in [6, 6.07) is 6.74. The zero-order valence-corrected chi connectivity index (χ0v) is 11.0. The van der Waals surface area contributed by atoms with Crippen LogP contribution in [0.4, 0.5) is 0 Å². The van der Waals surface area contributed by atoms with Gasteiger partial charge in [-0.1, -0.05) is 24.3 Å². The van der Waals surface area contributed by atoms with E-state index >= 15 is 0 Å². The number of carbonyl (C=O) groups excluding carboxylic acids is 1. The second-order valence-electron chi connectivity index (χ2n) is 4.82. The van der Waals surface area contributed by atoms with Crippen molar-refractivity contribution in [3.05, 3.63) is 35.4 Å². The lowest BCUT2D eigenvalue weighted by Gasteiger charge is -2.32. The number of hydrogen-bond acceptors (Lipinski definition) is 4. The standard InChI is InChI=1S/C13H16O4S/c1-10(14)11-2-4-12(5-3-11)13(15)6-8-18(16,17)9-7-13/h2-5,15H,6-9H2,1H3. The van der Waals surface area contributed by atoms with Gasteiger partial charge in [0.2, 0.25) is 0 Å². The Balaban J connectivity index is 2.23. The molecule has 0 atom stereocenters. The van der Waals surface area contributed by atoms with Crippen molar-refractivity contribution in [1.82, 2.24) is 0 Å². The van der Waals surface area contributed by atoms with Crippen molar-refractivity contribution in [3.8, 4) is 0 Å². The summed E-state index contributed by atoms with van der Waals surface area (Å²) in [4.78, 5) is 11.2. The smallest absolute Gasteiger partial charge is 0.159 e. The van der Waals surface area contributed by atoms with Crippen LogP contribution in [0.2, 0.25) is 0 Å². The van der Waals surface area contributed by atoms with E-state index in [0.717, 1.165) is 0 Å². The van der Waals surface area contributed by atoms with Crippen molar-refractivity contribution in [2.45, 2.75) is 25.4 Å². The minimum absolute atomic E-state index is 0.0119. The van der Waals surface area contributed by atoms with Gasteiger partial charge in [0.1, 0.15) is 0 Å². The molecule has 1 aromatic carbocycles. The third kappa shape index (κ3) is 2.62. The van der Waals surface area contributed by atoms with E-state index in [1.807, 2.05) is 0 Å². The van der Waals surface area contributed by atoms with Gasteiger partial charge in [-0.05, 0) is 25.3 Å². The number of hydrogen-bond donors (Lipinski definition) is 1. The van der Waals surface area contributed by atoms with Gasteiger partial charge in [-0.15, -0.1) is 0 Å². The predicted molar refractivity (Wildman–Crippen MR) is 68.2 cm³/mol. The van der Waals surface area contributed by atoms with E-state index in [9.17, 15) is 18.3 Å². The predicted octanol–water partition coefficient (Wildman–Crippen LogP) is 1.29. The Morgan fingerprint density at radius 1 is 1.17 bits per heavy atom. The molecule has 4 nitrogen and oxygen atoms in total. The maximum atomic E-state index is 11.4. The molecule has 0 aromatic heterocycles. The van der Waals surface area contributed by atoms with Gasteiger partial charge in [0.05, 0.1) is 17.1 Å². The molecule has 1 aliphatic heterocycles. The number of Topliss-reactive ketones (excluding diaryl/α,β-unsaturated/α-hetero) is 1. The lowest BCUT2D eigenvalue weighted by molar-refractivity contribution is 0.0263. The number of benzene rings is 1. The van der Waals surface area contributed by atoms with Crippen LogP contribution in [0.15, 0.2) is 24.3 Å². The second-order valence-corrected chi connectivity index (χ2v) is 7.12. The fraction of sp³-hybridized carbons (Fsp3) is 0.462. The number of aliphatic hydroxyl groups is 1. The van der Waals surface area contributed by atoms with Crippen LogP contribution in [0.25, 0.3) is 0 Å². The van der Waals surface area contributed by atoms with Crippen LogP contribution in [0.1, 0.15) is 35.7 Å². The van der Waals surface area contributed by atoms with Gasteiger partial charge in [0, 0.05) is 5.56 Å². The minimum atomic E-state index is -3.00. The number of ketones is 1. The van der Waals surface area contributed by atoms with Gasteiger partial charge < -0.3 is 5.11 Å². The van der Waals surface area contributed by atoms with E-state index in [0.29, 0.717) is 11.1 Å². The van der Waals surface area contributed by atoms with Crippen molar-refractivity contribution >= 4 is 15.6 Å². The zero-order valence-electron chi connectivity index (χ0n) is 10.2. The molecule has 1 saturated heterocycles. The number of sulfone groups is 1. The monoisotopic (exact) mass is 268 g/mol. The van der Waals surface area contributed by atoms with Gasteiger partial charge in [0.25, 0.3) is 0 Å². The molecule has 1 aliphatic rings. The summed E-state index contributed by atoms with van der Waals surface area (Å²) in [6.07, 6.45) is 0.434. The van der Waals surface area contributed by atoms with Crippen molar-refractivity contribution in [3.63, 3.8) is 0 Å². The summed E-state index contributed by atoms with van der Waals surface area (Å²) in [5.41, 5.74) is 0.189. The molecule has 0 bridgehead atoms. The molecule has 0 unspecified atom stereocenters. The molecular weight excluding hydrogens is 252 g/mol. The van der Waals surface area contributed by atoms with E-state index < -0.39 is 15.4 Å². The van der Waals surface area contributed by atoms with Crippen LogP contribution in [-0.4, -0.2) is 30.8 Å². The van der Waals surface area contributed by atoms with E-state index in [2.05, 4.69) is 0 Å². The molecule has 1 fully saturated rings. The van der Waals surface area contributed by atoms with Crippen LogP contribution in [0.3, 0.4) is 0 Å². The lowest BCUT2D eigenvalue weighted by atomic mass is 9.87. The molecule has 0 aliphatic carbocycles. The zero-order chi connectivity index (χ0) is 13.4. The molecule has 0 saturated carbocycles. The van der Waals surface area contributed by atoms with Crippen LogP contribution in [0, 0.1) is 0 Å². The topological polar surface area (TPSA) is 71.4 Å². The normalized spacial score (nSPS) is 21.4. The maximum absolute atomic E-state index is 11.4. The molecule has 2 rings (SSSR count). The Morgan fingerprint density at radius 3 is 2.11 bits per heavy atom. The summed E-state index contributed by atoms with van der Waals surface area (Å²) < 4.78 is 22.7. The van der Waals surface area contributed by atoms with Crippen molar-refractivity contribution in [2.24, 2.45) is 0 Å². The van der Waals surface area contributed by atoms with Gasteiger partial charge in [-0.3, -0.25) is 4.79 Å². The van der Waals surface area contributed by atoms with Gasteiger partial charge >= 0.3 is 0 Å². The first kappa shape index (κ1) is 13.2. The SMILES string of the molecule is CC(=O)c1ccc(C2(O)CCS(=O)(=O)CC2)cc1. The largest absolute Gasteiger partial charge is 0.385 e. The highest BCUT2D eigenvalue weighted by molar-refractivity contribution is 7.91. The molecule has 0 radical (unpaired) electrons. The summed E-state index contributed by atoms with van der Waals surface area (Å²) in [6.45, 7) is 1.48. The first-order valence-corrected chi connectivity index (χ1v) is 7.69. The van der Waals surface area contributed by atoms with Crippen LogP contribution in [-0.2, 0) is 15.4 Å². The Kier molecular flexibility index (Phi) is 3.29. The van der Waals surface area contributed by atoms with Crippen LogP contribution in [0.5, 0.6) is 0 Å². The van der Waals surface area contributed by atoms with Crippen molar-refractivity contribution < 1.29 is 18.3 Å². The summed E-state index contributed by atoms with van der Waals surface area (Å²) >= 11 is 0. The van der Waals surface area contributed by atoms with Gasteiger partial charge in [-0.25, -0.2) is 8.42 Å². The first-order valence-electron chi connectivity index (χ1n) is 5.87. The van der Waals surface area contributed by atoms with E-state index in [4.69, 9.17) is 0 Å². The molecule has 18 heavy (non-hydrogen) atoms. The molecule has 0 amide bonds. The Hall–Kier alpha value is -1.20. The molecule has 98 valence electrons. The Labute approximate surface area is 107 Å². The quantitative estimate of drug-likeness (QED) is 0.820. The molecule has 5 heteroatoms. The Bertz CT molecular complexity index is 543. The van der Waals surface area contributed by atoms with E-state index in [1.54, 1.807) is 24.3 Å². The highest BCUT2D eigenvalue weighted by Gasteiger charge is 2.36. The van der Waals surface area contributed by atoms with E-state index in [1.165, 1.54) is 6.92 Å². The van der Waals surface area contributed by atoms with Crippen molar-refractivity contribution in [1.29, 1.82) is 0 Å². The van der Waals surface area contributed by atoms with Gasteiger partial charge in [0.15, 0.2) is 15.6 Å². The lowest BCUT2D eigenvalue weighted by Crippen LogP contribution is -2.36. The van der Waals surface area contributed by atoms with Crippen LogP contribution < -0.4 is 0 Å². The molecule has 0 spiro atoms. The average Bonchev–Trinajstić information content (AvgIpc) is 2.34. The summed E-state index contributed by atoms with van der Waals surface area (Å²) in [7, 11) is -3.00. The fourth-order valence-corrected chi connectivity index (χ4v) is 3.68. The summed E-state index contributed by atoms with van der Waals surface area (Å²) in [5, 5.41) is 10.5. The van der Waals surface area contributed by atoms with E-state index in [-0.39, 0.29) is 30.1 Å². The third-order valence-electron chi connectivity index (χ3n) is 3.48. The highest BCUT2D eigenvalue weighted by Crippen LogP contribution is 2.33.